The van der Waals surface area contributed by atoms with Gasteiger partial charge in [-0.15, -0.1) is 5.10 Å². The number of amides is 1. The third-order valence-corrected chi connectivity index (χ3v) is 3.93. The molecule has 2 rings (SSSR count). The second-order valence-corrected chi connectivity index (χ2v) is 5.71. The Balaban J connectivity index is 2.29. The summed E-state index contributed by atoms with van der Waals surface area (Å²) in [6.45, 7) is 0. The largest absolute Gasteiger partial charge is 0.466 e. The van der Waals surface area contributed by atoms with Gasteiger partial charge in [0, 0.05) is 20.3 Å². The number of carbonyl (C=O) groups is 1. The Bertz CT molecular complexity index is 762. The summed E-state index contributed by atoms with van der Waals surface area (Å²) in [6, 6.07) is 1.27. The van der Waals surface area contributed by atoms with Crippen LogP contribution in [-0.4, -0.2) is 48.2 Å². The lowest BCUT2D eigenvalue weighted by atomic mass is 10.4. The first-order chi connectivity index (χ1) is 9.87. The van der Waals surface area contributed by atoms with E-state index in [9.17, 15) is 13.2 Å². The molecule has 2 heterocycles. The van der Waals surface area contributed by atoms with Crippen molar-refractivity contribution < 1.29 is 17.9 Å². The fourth-order valence-electron chi connectivity index (χ4n) is 1.60. The highest BCUT2D eigenvalue weighted by Crippen LogP contribution is 2.17. The number of hydrogen-bond donors (Lipinski definition) is 3. The molecule has 0 saturated heterocycles. The van der Waals surface area contributed by atoms with Crippen molar-refractivity contribution >= 4 is 21.9 Å². The van der Waals surface area contributed by atoms with Gasteiger partial charge in [-0.05, 0) is 6.07 Å². The van der Waals surface area contributed by atoms with E-state index < -0.39 is 10.0 Å². The number of rotatable bonds is 5. The number of H-pyrrole nitrogens is 1. The summed E-state index contributed by atoms with van der Waals surface area (Å²) in [4.78, 5) is 15.3. The van der Waals surface area contributed by atoms with Gasteiger partial charge in [0.2, 0.25) is 5.95 Å². The van der Waals surface area contributed by atoms with Crippen molar-refractivity contribution in [3.8, 4) is 6.01 Å². The van der Waals surface area contributed by atoms with Gasteiger partial charge >= 0.3 is 6.01 Å². The predicted molar refractivity (Wildman–Crippen MR) is 72.5 cm³/mol. The zero-order valence-electron chi connectivity index (χ0n) is 11.5. The maximum absolute atomic E-state index is 12.2. The first-order valence-electron chi connectivity index (χ1n) is 5.75. The van der Waals surface area contributed by atoms with Crippen molar-refractivity contribution in [3.05, 3.63) is 18.0 Å². The van der Waals surface area contributed by atoms with Gasteiger partial charge in [0.25, 0.3) is 15.9 Å². The second-order valence-electron chi connectivity index (χ2n) is 4.03. The lowest BCUT2D eigenvalue weighted by molar-refractivity contribution is 0.0955. The molecule has 0 atom stereocenters. The Labute approximate surface area is 120 Å². The highest BCUT2D eigenvalue weighted by atomic mass is 32.2. The Kier molecular flexibility index (Phi) is 3.84. The van der Waals surface area contributed by atoms with Crippen LogP contribution in [0.3, 0.4) is 0 Å². The smallest absolute Gasteiger partial charge is 0.336 e. The third-order valence-electron chi connectivity index (χ3n) is 2.63. The maximum atomic E-state index is 12.2. The Morgan fingerprint density at radius 1 is 1.48 bits per heavy atom. The van der Waals surface area contributed by atoms with Crippen LogP contribution in [0.5, 0.6) is 6.01 Å². The highest BCUT2D eigenvalue weighted by Gasteiger charge is 2.21. The molecule has 10 nitrogen and oxygen atoms in total. The molecule has 0 spiro atoms. The average molecular weight is 314 g/mol. The number of anilines is 1. The number of hydrogen-bond acceptors (Lipinski definition) is 6. The summed E-state index contributed by atoms with van der Waals surface area (Å²) in [6.07, 6.45) is 1.32. The number of nitrogens with one attached hydrogen (secondary N) is 3. The van der Waals surface area contributed by atoms with E-state index in [1.54, 1.807) is 7.05 Å². The molecule has 0 aliphatic rings. The molecule has 21 heavy (non-hydrogen) atoms. The number of aromatic amines is 1. The van der Waals surface area contributed by atoms with Crippen molar-refractivity contribution in [1.82, 2.24) is 25.1 Å². The van der Waals surface area contributed by atoms with Crippen LogP contribution < -0.4 is 14.8 Å². The minimum Gasteiger partial charge on any atom is -0.466 e. The monoisotopic (exact) mass is 314 g/mol. The molecule has 11 heteroatoms. The summed E-state index contributed by atoms with van der Waals surface area (Å²) in [5.41, 5.74) is 0.216. The Morgan fingerprint density at radius 2 is 2.19 bits per heavy atom. The van der Waals surface area contributed by atoms with Crippen molar-refractivity contribution in [3.63, 3.8) is 0 Å². The molecule has 2 aromatic rings. The first-order valence-corrected chi connectivity index (χ1v) is 7.23. The average Bonchev–Trinajstić information content (AvgIpc) is 3.04. The van der Waals surface area contributed by atoms with Crippen LogP contribution in [0.4, 0.5) is 5.95 Å². The summed E-state index contributed by atoms with van der Waals surface area (Å²) < 4.78 is 32.7. The fraction of sp³-hybridized carbons (Fsp3) is 0.300. The van der Waals surface area contributed by atoms with E-state index in [1.165, 1.54) is 31.0 Å². The Morgan fingerprint density at radius 3 is 2.76 bits per heavy atom. The quantitative estimate of drug-likeness (QED) is 0.669. The minimum atomic E-state index is -3.89. The van der Waals surface area contributed by atoms with Crippen molar-refractivity contribution in [2.45, 2.75) is 4.90 Å². The minimum absolute atomic E-state index is 0.00631. The zero-order valence-corrected chi connectivity index (χ0v) is 12.4. The molecule has 0 aromatic carbocycles. The molecule has 0 bridgehead atoms. The standard InChI is InChI=1S/C10H14N6O4S/c1-11-8(17)7-4-6(5-16(7)2)21(18,19)15-9-12-10(20-3)14-13-9/h4-5H,1-3H3,(H,11,17)(H2,12,13,14,15). The molecule has 0 unspecified atom stereocenters. The summed E-state index contributed by atoms with van der Waals surface area (Å²) in [7, 11) is 0.495. The van der Waals surface area contributed by atoms with E-state index in [0.29, 0.717) is 0 Å². The van der Waals surface area contributed by atoms with Crippen LogP contribution in [0.2, 0.25) is 0 Å². The molecule has 2 aromatic heterocycles. The maximum Gasteiger partial charge on any atom is 0.336 e. The van der Waals surface area contributed by atoms with Gasteiger partial charge in [-0.3, -0.25) is 4.79 Å². The van der Waals surface area contributed by atoms with Crippen LogP contribution in [0, 0.1) is 0 Å². The molecule has 0 aliphatic heterocycles. The van der Waals surface area contributed by atoms with E-state index >= 15 is 0 Å². The number of aromatic nitrogens is 4. The van der Waals surface area contributed by atoms with E-state index in [2.05, 4.69) is 25.2 Å². The predicted octanol–water partition coefficient (Wildman–Crippen LogP) is -0.688. The number of aryl methyl sites for hydroxylation is 1. The molecule has 0 aliphatic carbocycles. The lowest BCUT2D eigenvalue weighted by Crippen LogP contribution is -2.20. The zero-order chi connectivity index (χ0) is 15.6. The van der Waals surface area contributed by atoms with Gasteiger partial charge in [0.15, 0.2) is 0 Å². The van der Waals surface area contributed by atoms with Gasteiger partial charge in [0.1, 0.15) is 10.6 Å². The summed E-state index contributed by atoms with van der Waals surface area (Å²) in [5.74, 6) is -0.475. The van der Waals surface area contributed by atoms with Gasteiger partial charge in [0.05, 0.1) is 7.11 Å². The van der Waals surface area contributed by atoms with Gasteiger partial charge in [-0.25, -0.2) is 18.2 Å². The van der Waals surface area contributed by atoms with Gasteiger partial charge < -0.3 is 14.6 Å². The van der Waals surface area contributed by atoms with Crippen LogP contribution in [0.15, 0.2) is 17.2 Å². The van der Waals surface area contributed by atoms with Crippen molar-refractivity contribution in [2.75, 3.05) is 18.9 Å². The first kappa shape index (κ1) is 14.8. The molecule has 0 saturated carbocycles. The number of sulfonamides is 1. The number of ether oxygens (including phenoxy) is 1. The van der Waals surface area contributed by atoms with E-state index in [1.807, 2.05) is 0 Å². The highest BCUT2D eigenvalue weighted by molar-refractivity contribution is 7.92. The molecule has 114 valence electrons. The van der Waals surface area contributed by atoms with Crippen LogP contribution >= 0.6 is 0 Å². The molecular weight excluding hydrogens is 300 g/mol. The molecule has 1 amide bonds. The van der Waals surface area contributed by atoms with Gasteiger partial charge in [-0.1, -0.05) is 0 Å². The van der Waals surface area contributed by atoms with E-state index in [4.69, 9.17) is 4.74 Å². The SMILES string of the molecule is CNC(=O)c1cc(S(=O)(=O)Nc2nc(OC)n[nH]2)cn1C. The van der Waals surface area contributed by atoms with Crippen LogP contribution in [0.25, 0.3) is 0 Å². The molecular formula is C10H14N6O4S. The van der Waals surface area contributed by atoms with Crippen molar-refractivity contribution in [2.24, 2.45) is 7.05 Å². The Hall–Kier alpha value is -2.56. The van der Waals surface area contributed by atoms with Crippen molar-refractivity contribution in [1.29, 1.82) is 0 Å². The van der Waals surface area contributed by atoms with Gasteiger partial charge in [-0.2, -0.15) is 4.98 Å². The second kappa shape index (κ2) is 5.44. The lowest BCUT2D eigenvalue weighted by Gasteiger charge is -2.01. The summed E-state index contributed by atoms with van der Waals surface area (Å²) in [5, 5.41) is 8.43. The molecule has 0 fully saturated rings. The number of nitrogens with zero attached hydrogens (tertiary/aromatic N) is 3. The molecule has 3 N–H and O–H groups in total. The van der Waals surface area contributed by atoms with E-state index in [-0.39, 0.29) is 28.5 Å². The summed E-state index contributed by atoms with van der Waals surface area (Å²) >= 11 is 0. The normalized spacial score (nSPS) is 11.2. The fourth-order valence-corrected chi connectivity index (χ4v) is 2.63. The number of methoxy groups -OCH3 is 1. The molecule has 0 radical (unpaired) electrons. The third kappa shape index (κ3) is 2.97. The topological polar surface area (TPSA) is 131 Å². The number of carbonyl (C=O) groups excluding carboxylic acids is 1. The van der Waals surface area contributed by atoms with Crippen LogP contribution in [0.1, 0.15) is 10.5 Å². The van der Waals surface area contributed by atoms with Crippen LogP contribution in [-0.2, 0) is 17.1 Å². The van der Waals surface area contributed by atoms with E-state index in [0.717, 1.165) is 0 Å².